The van der Waals surface area contributed by atoms with Crippen LogP contribution in [0.15, 0.2) is 102 Å². The zero-order chi connectivity index (χ0) is 42.9. The summed E-state index contributed by atoms with van der Waals surface area (Å²) in [5.74, 6) is -2.34. The van der Waals surface area contributed by atoms with Crippen molar-refractivity contribution in [3.8, 4) is 5.75 Å². The molecule has 0 spiro atoms. The van der Waals surface area contributed by atoms with Gasteiger partial charge in [-0.15, -0.1) is 0 Å². The first-order valence-corrected chi connectivity index (χ1v) is 22.7. The number of nitrogens with one attached hydrogen (secondary N) is 3. The maximum absolute atomic E-state index is 13.1. The van der Waals surface area contributed by atoms with Gasteiger partial charge in [0.05, 0.1) is 0 Å². The second-order valence-corrected chi connectivity index (χ2v) is 19.0. The van der Waals surface area contributed by atoms with Gasteiger partial charge in [-0.25, -0.2) is 0 Å². The van der Waals surface area contributed by atoms with Crippen LogP contribution in [0.1, 0.15) is 0 Å². The average molecular weight is 898 g/mol. The van der Waals surface area contributed by atoms with Crippen molar-refractivity contribution in [2.24, 2.45) is 20.5 Å². The van der Waals surface area contributed by atoms with Crippen LogP contribution in [-0.4, -0.2) is 93.7 Å². The summed E-state index contributed by atoms with van der Waals surface area (Å²) in [7, 11) is -22.0. The number of nitrogens with two attached hydrogens (primary N) is 1. The fraction of sp³-hybridized carbons (Fsp3) is 0.154. The predicted octanol–water partition coefficient (Wildman–Crippen LogP) is 2.91. The van der Waals surface area contributed by atoms with E-state index in [9.17, 15) is 47.2 Å². The molecule has 0 aliphatic rings. The predicted molar refractivity (Wildman–Crippen MR) is 201 cm³/mol. The Morgan fingerprint density at radius 1 is 0.569 bits per heavy atom. The van der Waals surface area contributed by atoms with Gasteiger partial charge in [0.2, 0.25) is 0 Å². The molecule has 4 aromatic rings. The Kier molecular flexibility index (Phi) is 14.4. The number of nitrogen functional groups attached to an aromatic ring is 1. The zero-order valence-corrected chi connectivity index (χ0v) is 33.0. The minimum atomic E-state index is -4.88. The summed E-state index contributed by atoms with van der Waals surface area (Å²) in [5, 5.41) is 47.4. The summed E-state index contributed by atoms with van der Waals surface area (Å²) in [6.07, 6.45) is 0. The van der Waals surface area contributed by atoms with Crippen molar-refractivity contribution >= 4 is 112 Å². The number of azo groups is 2. The van der Waals surface area contributed by atoms with E-state index in [0.29, 0.717) is 0 Å². The summed E-state index contributed by atoms with van der Waals surface area (Å²) in [6.45, 7) is -1.63. The molecule has 24 nitrogen and oxygen atoms in total. The summed E-state index contributed by atoms with van der Waals surface area (Å²) >= 11 is 0. The number of hydrogen-bond acceptors (Lipinski definition) is 24. The van der Waals surface area contributed by atoms with Gasteiger partial charge in [0.15, 0.2) is 0 Å². The summed E-state index contributed by atoms with van der Waals surface area (Å²) < 4.78 is 143. The number of aromatic hydroxyl groups is 1. The van der Waals surface area contributed by atoms with E-state index < -0.39 is 91.6 Å². The molecule has 58 heavy (non-hydrogen) atoms. The summed E-state index contributed by atoms with van der Waals surface area (Å²) in [6, 6.07) is 12.8. The van der Waals surface area contributed by atoms with Gasteiger partial charge in [-0.1, -0.05) is 0 Å². The van der Waals surface area contributed by atoms with Crippen molar-refractivity contribution in [2.75, 3.05) is 30.5 Å². The second-order valence-electron chi connectivity index (χ2n) is 10.8. The number of benzene rings is 4. The van der Waals surface area contributed by atoms with Crippen LogP contribution in [-0.2, 0) is 71.3 Å². The maximum atomic E-state index is 13.1. The van der Waals surface area contributed by atoms with Crippen LogP contribution >= 0.6 is 0 Å². The zero-order valence-electron chi connectivity index (χ0n) is 28.9. The van der Waals surface area contributed by atoms with Crippen molar-refractivity contribution in [2.45, 2.75) is 14.7 Å². The molecule has 6 N–H and O–H groups in total. The summed E-state index contributed by atoms with van der Waals surface area (Å²) in [5.41, 5.74) is 5.24. The quantitative estimate of drug-likeness (QED) is 0.0456. The first-order valence-electron chi connectivity index (χ1n) is 15.3. The Hall–Kier alpha value is -5.40. The van der Waals surface area contributed by atoms with Crippen molar-refractivity contribution in [1.82, 2.24) is 0 Å². The molecule has 0 atom stereocenters. The molecule has 0 amide bonds. The van der Waals surface area contributed by atoms with E-state index in [2.05, 4.69) is 41.1 Å². The number of hydrogen-bond donors (Lipinski definition) is 5. The normalized spacial score (nSPS) is 12.6. The third kappa shape index (κ3) is 11.6. The van der Waals surface area contributed by atoms with Gasteiger partial charge < -0.3 is 0 Å². The molecule has 0 aromatic heterocycles. The number of phenols is 1. The van der Waals surface area contributed by atoms with E-state index in [1.165, 1.54) is 24.3 Å². The van der Waals surface area contributed by atoms with Gasteiger partial charge in [0.25, 0.3) is 0 Å². The van der Waals surface area contributed by atoms with Crippen LogP contribution < -0.4 is 5.73 Å². The van der Waals surface area contributed by atoms with E-state index in [1.807, 2.05) is 0 Å². The Morgan fingerprint density at radius 3 is 1.43 bits per heavy atom. The molecule has 0 aliphatic carbocycles. The molecule has 0 unspecified atom stereocenters. The van der Waals surface area contributed by atoms with Crippen LogP contribution in [0.3, 0.4) is 0 Å². The number of sulfone groups is 2. The third-order valence-corrected chi connectivity index (χ3v) is 13.3. The van der Waals surface area contributed by atoms with E-state index in [4.69, 9.17) is 21.7 Å². The third-order valence-electron chi connectivity index (χ3n) is 7.09. The molecule has 0 radical (unpaired) electrons. The van der Waals surface area contributed by atoms with Crippen molar-refractivity contribution in [3.05, 3.63) is 66.7 Å². The summed E-state index contributed by atoms with van der Waals surface area (Å²) in [4.78, 5) is -1.35. The molecule has 4 rings (SSSR count). The number of fused-ring (bicyclic) bond motifs is 1. The molecule has 0 fully saturated rings. The average Bonchev–Trinajstić information content (AvgIpc) is 3.13. The van der Waals surface area contributed by atoms with Crippen LogP contribution in [0.2, 0.25) is 0 Å². The first-order chi connectivity index (χ1) is 27.1. The van der Waals surface area contributed by atoms with Crippen LogP contribution in [0.25, 0.3) is 10.8 Å². The molecule has 0 aliphatic heterocycles. The molecule has 0 saturated carbocycles. The van der Waals surface area contributed by atoms with Crippen LogP contribution in [0, 0.1) is 15.9 Å². The number of anilines is 1. The molecule has 4 aromatic carbocycles. The van der Waals surface area contributed by atoms with E-state index in [0.717, 1.165) is 42.5 Å². The number of rotatable bonds is 21. The Morgan fingerprint density at radius 2 is 1.00 bits per heavy atom. The monoisotopic (exact) mass is 898 g/mol. The molecule has 304 valence electrons. The number of nitrogens with zero attached hydrogens (tertiary/aromatic N) is 4. The molecular weight excluding hydrogens is 873 g/mol. The SMILES string of the molecule is N=BOS(=O)(=O)OCCS(=O)(=O)c1ccc(/N=N/c2c(S(=O)(=O)OB=N)cc3c(/N=N/c4ccc(S(=O)(=O)CCOS(=O)(=O)OB=N)cc4)c(N)ccc3c2O)cc1. The van der Waals surface area contributed by atoms with Gasteiger partial charge in [0, 0.05) is 0 Å². The Balaban J connectivity index is 1.65. The molecular formula is C26H25B3N8O16S5. The van der Waals surface area contributed by atoms with Crippen molar-refractivity contribution < 1.29 is 67.9 Å². The van der Waals surface area contributed by atoms with Crippen LogP contribution in [0.4, 0.5) is 28.4 Å². The molecule has 0 heterocycles. The topological polar surface area (TPSA) is 384 Å². The second kappa shape index (κ2) is 18.5. The van der Waals surface area contributed by atoms with Gasteiger partial charge in [-0.3, -0.25) is 0 Å². The standard InChI is InChI=1S/C26H25B3N8O16S5/c30-22-10-9-20-21(24(22)36-34-16-1-5-18(6-2-16)54(39,40)13-11-49-57(45,46)52-28-32)15-23(56(43,44)51-27-31)25(26(20)38)37-35-17-3-7-19(8-4-17)55(41,42)14-12-50-58(47,48)53-29-33/h1-10,15,31-33,38H,11-14,30H2/b36-34+,37-35+. The van der Waals surface area contributed by atoms with E-state index >= 15 is 0 Å². The Bertz CT molecular complexity index is 2870. The van der Waals surface area contributed by atoms with E-state index in [-0.39, 0.29) is 65.1 Å². The number of phenolic OH excluding ortho intramolecular Hbond substituents is 1. The Labute approximate surface area is 332 Å². The first kappa shape index (κ1) is 45.3. The van der Waals surface area contributed by atoms with Crippen molar-refractivity contribution in [1.29, 1.82) is 15.9 Å². The van der Waals surface area contributed by atoms with E-state index in [1.54, 1.807) is 0 Å². The fourth-order valence-electron chi connectivity index (χ4n) is 4.49. The molecule has 0 bridgehead atoms. The van der Waals surface area contributed by atoms with Gasteiger partial charge in [0.1, 0.15) is 0 Å². The molecule has 0 saturated heterocycles. The van der Waals surface area contributed by atoms with Crippen LogP contribution in [0.5, 0.6) is 5.75 Å². The molecule has 32 heteroatoms. The van der Waals surface area contributed by atoms with Gasteiger partial charge in [-0.2, -0.15) is 0 Å². The van der Waals surface area contributed by atoms with Gasteiger partial charge in [-0.05, 0) is 0 Å². The fourth-order valence-corrected chi connectivity index (χ4v) is 8.67. The van der Waals surface area contributed by atoms with Crippen molar-refractivity contribution in [3.63, 3.8) is 0 Å². The van der Waals surface area contributed by atoms with Gasteiger partial charge >= 0.3 is 334 Å². The minimum absolute atomic E-state index is 0.0477.